The lowest BCUT2D eigenvalue weighted by atomic mass is 10.1. The smallest absolute Gasteiger partial charge is 0.305 e. The van der Waals surface area contributed by atoms with Crippen molar-refractivity contribution in [3.63, 3.8) is 0 Å². The molecule has 0 saturated heterocycles. The molecule has 1 atom stereocenters. The van der Waals surface area contributed by atoms with E-state index in [1.54, 1.807) is 14.0 Å². The van der Waals surface area contributed by atoms with Crippen LogP contribution in [0.3, 0.4) is 0 Å². The zero-order valence-corrected chi connectivity index (χ0v) is 13.3. The van der Waals surface area contributed by atoms with Gasteiger partial charge in [-0.1, -0.05) is 32.6 Å². The highest BCUT2D eigenvalue weighted by Crippen LogP contribution is 2.09. The normalized spacial score (nSPS) is 12.2. The summed E-state index contributed by atoms with van der Waals surface area (Å²) in [6.07, 6.45) is 7.54. The first kappa shape index (κ1) is 19.1. The summed E-state index contributed by atoms with van der Waals surface area (Å²) >= 11 is 0. The minimum atomic E-state index is -0.107. The Bertz CT molecular complexity index is 263. The summed E-state index contributed by atoms with van der Waals surface area (Å²) in [5, 5.41) is 0. The predicted octanol–water partition coefficient (Wildman–Crippen LogP) is 3.52. The molecular formula is C16H30O4. The minimum Gasteiger partial charge on any atom is -0.465 e. The third-order valence-electron chi connectivity index (χ3n) is 3.14. The Morgan fingerprint density at radius 3 is 2.00 bits per heavy atom. The summed E-state index contributed by atoms with van der Waals surface area (Å²) in [6.45, 7) is 4.70. The Morgan fingerprint density at radius 1 is 0.900 bits per heavy atom. The van der Waals surface area contributed by atoms with Crippen LogP contribution in [0.5, 0.6) is 0 Å². The molecule has 0 aliphatic heterocycles. The van der Waals surface area contributed by atoms with Gasteiger partial charge >= 0.3 is 5.97 Å². The molecule has 118 valence electrons. The highest BCUT2D eigenvalue weighted by molar-refractivity contribution is 5.75. The second-order valence-electron chi connectivity index (χ2n) is 5.57. The van der Waals surface area contributed by atoms with Gasteiger partial charge in [-0.15, -0.1) is 0 Å². The molecule has 4 nitrogen and oxygen atoms in total. The first-order valence-corrected chi connectivity index (χ1v) is 7.70. The Hall–Kier alpha value is -0.900. The van der Waals surface area contributed by atoms with E-state index in [4.69, 9.17) is 9.47 Å². The predicted molar refractivity (Wildman–Crippen MR) is 79.6 cm³/mol. The van der Waals surface area contributed by atoms with Crippen LogP contribution in [0.4, 0.5) is 0 Å². The molecule has 0 aromatic carbocycles. The van der Waals surface area contributed by atoms with Gasteiger partial charge in [-0.25, -0.2) is 0 Å². The lowest BCUT2D eigenvalue weighted by molar-refractivity contribution is -0.145. The van der Waals surface area contributed by atoms with Crippen molar-refractivity contribution >= 4 is 11.8 Å². The molecule has 1 unspecified atom stereocenters. The van der Waals surface area contributed by atoms with Crippen molar-refractivity contribution in [1.29, 1.82) is 0 Å². The summed E-state index contributed by atoms with van der Waals surface area (Å²) < 4.78 is 10.2. The molecule has 0 fully saturated rings. The fraction of sp³-hybridized carbons (Fsp3) is 0.875. The average molecular weight is 286 g/mol. The van der Waals surface area contributed by atoms with Crippen LogP contribution in [0.2, 0.25) is 0 Å². The number of methoxy groups -OCH3 is 1. The first-order chi connectivity index (χ1) is 9.56. The maximum absolute atomic E-state index is 11.5. The molecule has 0 aromatic rings. The van der Waals surface area contributed by atoms with Crippen molar-refractivity contribution in [1.82, 2.24) is 0 Å². The molecule has 0 bridgehead atoms. The van der Waals surface area contributed by atoms with Gasteiger partial charge in [-0.3, -0.25) is 4.79 Å². The largest absolute Gasteiger partial charge is 0.465 e. The summed E-state index contributed by atoms with van der Waals surface area (Å²) in [7, 11) is 1.65. The molecule has 4 heteroatoms. The van der Waals surface area contributed by atoms with Gasteiger partial charge in [0.15, 0.2) is 0 Å². The topological polar surface area (TPSA) is 52.6 Å². The van der Waals surface area contributed by atoms with E-state index in [1.807, 2.05) is 6.92 Å². The number of ether oxygens (including phenoxy) is 2. The van der Waals surface area contributed by atoms with Crippen LogP contribution < -0.4 is 0 Å². The van der Waals surface area contributed by atoms with Crippen LogP contribution in [0.1, 0.15) is 65.2 Å². The number of ketones is 1. The zero-order chi connectivity index (χ0) is 15.2. The van der Waals surface area contributed by atoms with Gasteiger partial charge in [0.25, 0.3) is 0 Å². The van der Waals surface area contributed by atoms with Crippen molar-refractivity contribution in [2.75, 3.05) is 20.3 Å². The van der Waals surface area contributed by atoms with Crippen LogP contribution >= 0.6 is 0 Å². The summed E-state index contributed by atoms with van der Waals surface area (Å²) in [5.74, 6) is 0.421. The fourth-order valence-corrected chi connectivity index (χ4v) is 1.99. The number of hydrogen-bond acceptors (Lipinski definition) is 4. The quantitative estimate of drug-likeness (QED) is 0.384. The number of unbranched alkanes of at least 4 members (excludes halogenated alkanes) is 5. The Labute approximate surface area is 123 Å². The van der Waals surface area contributed by atoms with Crippen LogP contribution in [0, 0.1) is 5.92 Å². The Balaban J connectivity index is 3.29. The summed E-state index contributed by atoms with van der Waals surface area (Å²) in [5.41, 5.74) is 0. The van der Waals surface area contributed by atoms with E-state index in [1.165, 1.54) is 0 Å². The lowest BCUT2D eigenvalue weighted by Gasteiger charge is -2.10. The zero-order valence-electron chi connectivity index (χ0n) is 13.3. The van der Waals surface area contributed by atoms with E-state index in [0.29, 0.717) is 26.1 Å². The molecule has 0 radical (unpaired) electrons. The van der Waals surface area contributed by atoms with Crippen molar-refractivity contribution in [2.45, 2.75) is 65.2 Å². The maximum atomic E-state index is 11.5. The van der Waals surface area contributed by atoms with Crippen LogP contribution in [0.15, 0.2) is 0 Å². The molecule has 0 aromatic heterocycles. The number of carbonyl (C=O) groups excluding carboxylic acids is 2. The van der Waals surface area contributed by atoms with E-state index < -0.39 is 0 Å². The van der Waals surface area contributed by atoms with Gasteiger partial charge in [0.1, 0.15) is 5.78 Å². The monoisotopic (exact) mass is 286 g/mol. The highest BCUT2D eigenvalue weighted by Gasteiger charge is 2.06. The molecule has 0 aliphatic rings. The lowest BCUT2D eigenvalue weighted by Crippen LogP contribution is -2.15. The van der Waals surface area contributed by atoms with Gasteiger partial charge < -0.3 is 14.3 Å². The van der Waals surface area contributed by atoms with Crippen molar-refractivity contribution in [3.8, 4) is 0 Å². The molecular weight excluding hydrogens is 256 g/mol. The van der Waals surface area contributed by atoms with Gasteiger partial charge in [0, 0.05) is 25.9 Å². The van der Waals surface area contributed by atoms with Crippen LogP contribution in [-0.4, -0.2) is 32.1 Å². The van der Waals surface area contributed by atoms with Crippen molar-refractivity contribution in [2.24, 2.45) is 5.92 Å². The fourth-order valence-electron chi connectivity index (χ4n) is 1.99. The minimum absolute atomic E-state index is 0.107. The number of esters is 1. The van der Waals surface area contributed by atoms with Gasteiger partial charge in [0.05, 0.1) is 13.2 Å². The van der Waals surface area contributed by atoms with Crippen molar-refractivity contribution < 1.29 is 19.1 Å². The molecule has 0 aliphatic carbocycles. The number of Topliss-reactive ketones (excluding diaryl/α,β-unsaturated/α-hetero) is 1. The van der Waals surface area contributed by atoms with Crippen LogP contribution in [-0.2, 0) is 19.1 Å². The van der Waals surface area contributed by atoms with E-state index in [0.717, 1.165) is 38.5 Å². The molecule has 0 N–H and O–H groups in total. The molecule has 0 rings (SSSR count). The average Bonchev–Trinajstić information content (AvgIpc) is 2.39. The molecule has 0 spiro atoms. The number of hydrogen-bond donors (Lipinski definition) is 0. The SMILES string of the molecule is COCC(C)COC(=O)CCCCCCCCC(C)=O. The standard InChI is InChI=1S/C16H30O4/c1-14(12-19-3)13-20-16(18)11-9-7-5-4-6-8-10-15(2)17/h14H,4-13H2,1-3H3. The van der Waals surface area contributed by atoms with Crippen LogP contribution in [0.25, 0.3) is 0 Å². The number of carbonyl (C=O) groups is 2. The van der Waals surface area contributed by atoms with E-state index in [-0.39, 0.29) is 17.7 Å². The van der Waals surface area contributed by atoms with E-state index >= 15 is 0 Å². The van der Waals surface area contributed by atoms with Gasteiger partial charge in [-0.05, 0) is 19.8 Å². The third-order valence-corrected chi connectivity index (χ3v) is 3.14. The third kappa shape index (κ3) is 13.5. The second-order valence-corrected chi connectivity index (χ2v) is 5.57. The summed E-state index contributed by atoms with van der Waals surface area (Å²) in [4.78, 5) is 22.2. The maximum Gasteiger partial charge on any atom is 0.305 e. The highest BCUT2D eigenvalue weighted by atomic mass is 16.5. The molecule has 0 heterocycles. The molecule has 0 amide bonds. The first-order valence-electron chi connectivity index (χ1n) is 7.70. The molecule has 20 heavy (non-hydrogen) atoms. The summed E-state index contributed by atoms with van der Waals surface area (Å²) in [6, 6.07) is 0. The molecule has 0 saturated carbocycles. The Morgan fingerprint density at radius 2 is 1.45 bits per heavy atom. The number of rotatable bonds is 13. The second kappa shape index (κ2) is 13.1. The Kier molecular flexibility index (Phi) is 12.5. The van der Waals surface area contributed by atoms with E-state index in [9.17, 15) is 9.59 Å². The van der Waals surface area contributed by atoms with Crippen molar-refractivity contribution in [3.05, 3.63) is 0 Å². The van der Waals surface area contributed by atoms with Gasteiger partial charge in [-0.2, -0.15) is 0 Å². The van der Waals surface area contributed by atoms with Gasteiger partial charge in [0.2, 0.25) is 0 Å². The van der Waals surface area contributed by atoms with E-state index in [2.05, 4.69) is 0 Å².